The zero-order chi connectivity index (χ0) is 12.7. The van der Waals surface area contributed by atoms with Crippen LogP contribution in [0.25, 0.3) is 0 Å². The lowest BCUT2D eigenvalue weighted by atomic mass is 10.3. The smallest absolute Gasteiger partial charge is 0.221 e. The zero-order valence-electron chi connectivity index (χ0n) is 9.83. The van der Waals surface area contributed by atoms with Crippen LogP contribution in [0.3, 0.4) is 0 Å². The molecule has 1 amide bonds. The van der Waals surface area contributed by atoms with Crippen molar-refractivity contribution in [2.45, 2.75) is 18.2 Å². The van der Waals surface area contributed by atoms with Gasteiger partial charge in [0.25, 0.3) is 0 Å². The number of hydrogen-bond acceptors (Lipinski definition) is 2. The Kier molecular flexibility index (Phi) is 6.16. The molecule has 0 radical (unpaired) electrons. The maximum atomic E-state index is 11.4. The fourth-order valence-corrected chi connectivity index (χ4v) is 2.34. The first-order chi connectivity index (χ1) is 8.09. The average molecular weight is 270 g/mol. The summed E-state index contributed by atoms with van der Waals surface area (Å²) in [4.78, 5) is 12.4. The highest BCUT2D eigenvalue weighted by Gasteiger charge is 2.03. The average Bonchev–Trinajstić information content (AvgIpc) is 2.29. The molecule has 0 aliphatic heterocycles. The quantitative estimate of drug-likeness (QED) is 0.632. The summed E-state index contributed by atoms with van der Waals surface area (Å²) in [5, 5.41) is 3.53. The Labute approximate surface area is 111 Å². The second-order valence-electron chi connectivity index (χ2n) is 3.76. The molecule has 4 heteroatoms. The van der Waals surface area contributed by atoms with Gasteiger partial charge in [0.05, 0.1) is 5.02 Å². The minimum absolute atomic E-state index is 0.0487. The molecular formula is C13H16ClNOS. The van der Waals surface area contributed by atoms with Crippen molar-refractivity contribution in [2.24, 2.45) is 0 Å². The summed E-state index contributed by atoms with van der Waals surface area (Å²) in [6.45, 7) is 6.17. The van der Waals surface area contributed by atoms with Crippen molar-refractivity contribution in [3.63, 3.8) is 0 Å². The fourth-order valence-electron chi connectivity index (χ4n) is 1.15. The third-order valence-electron chi connectivity index (χ3n) is 2.01. The van der Waals surface area contributed by atoms with E-state index in [0.29, 0.717) is 13.0 Å². The van der Waals surface area contributed by atoms with Gasteiger partial charge in [-0.1, -0.05) is 35.9 Å². The van der Waals surface area contributed by atoms with Gasteiger partial charge in [0.15, 0.2) is 0 Å². The van der Waals surface area contributed by atoms with Gasteiger partial charge in [-0.05, 0) is 19.1 Å². The summed E-state index contributed by atoms with van der Waals surface area (Å²) in [6.07, 6.45) is 0.489. The highest BCUT2D eigenvalue weighted by molar-refractivity contribution is 7.99. The first-order valence-electron chi connectivity index (χ1n) is 5.38. The number of benzene rings is 1. The highest BCUT2D eigenvalue weighted by Crippen LogP contribution is 2.26. The molecule has 0 atom stereocenters. The normalized spacial score (nSPS) is 10.0. The molecule has 0 aliphatic carbocycles. The molecule has 0 aromatic heterocycles. The van der Waals surface area contributed by atoms with Crippen LogP contribution in [0.4, 0.5) is 0 Å². The monoisotopic (exact) mass is 269 g/mol. The molecule has 1 N–H and O–H groups in total. The van der Waals surface area contributed by atoms with Gasteiger partial charge < -0.3 is 5.32 Å². The van der Waals surface area contributed by atoms with Gasteiger partial charge in [0.2, 0.25) is 5.91 Å². The summed E-state index contributed by atoms with van der Waals surface area (Å²) in [6, 6.07) is 7.64. The van der Waals surface area contributed by atoms with Crippen LogP contribution < -0.4 is 5.32 Å². The van der Waals surface area contributed by atoms with Crippen LogP contribution in [0, 0.1) is 0 Å². The third kappa shape index (κ3) is 5.80. The van der Waals surface area contributed by atoms with Crippen molar-refractivity contribution >= 4 is 29.3 Å². The van der Waals surface area contributed by atoms with Crippen LogP contribution in [0.15, 0.2) is 41.3 Å². The SMILES string of the molecule is C=C(C)CNC(=O)CCSc1ccccc1Cl. The molecule has 1 aromatic carbocycles. The van der Waals surface area contributed by atoms with Gasteiger partial charge in [0, 0.05) is 23.6 Å². The van der Waals surface area contributed by atoms with Gasteiger partial charge in [-0.25, -0.2) is 0 Å². The summed E-state index contributed by atoms with van der Waals surface area (Å²) in [5.41, 5.74) is 0.956. The number of hydrogen-bond donors (Lipinski definition) is 1. The number of carbonyl (C=O) groups is 1. The second-order valence-corrected chi connectivity index (χ2v) is 5.31. The van der Waals surface area contributed by atoms with E-state index in [9.17, 15) is 4.79 Å². The standard InChI is InChI=1S/C13H16ClNOS/c1-10(2)9-15-13(16)7-8-17-12-6-4-3-5-11(12)14/h3-6H,1,7-9H2,2H3,(H,15,16). The Morgan fingerprint density at radius 1 is 1.47 bits per heavy atom. The van der Waals surface area contributed by atoms with Gasteiger partial charge >= 0.3 is 0 Å². The van der Waals surface area contributed by atoms with Gasteiger partial charge in [-0.15, -0.1) is 11.8 Å². The van der Waals surface area contributed by atoms with E-state index in [1.807, 2.05) is 31.2 Å². The van der Waals surface area contributed by atoms with Crippen LogP contribution >= 0.6 is 23.4 Å². The van der Waals surface area contributed by atoms with Crippen LogP contribution in [0.1, 0.15) is 13.3 Å². The van der Waals surface area contributed by atoms with Crippen LogP contribution in [0.5, 0.6) is 0 Å². The molecule has 0 fully saturated rings. The summed E-state index contributed by atoms with van der Waals surface area (Å²) in [5.74, 6) is 0.777. The van der Waals surface area contributed by atoms with Crippen LogP contribution in [-0.4, -0.2) is 18.2 Å². The number of halogens is 1. The maximum absolute atomic E-state index is 11.4. The lowest BCUT2D eigenvalue weighted by Crippen LogP contribution is -2.24. The molecule has 0 aliphatic rings. The van der Waals surface area contributed by atoms with Gasteiger partial charge in [0.1, 0.15) is 0 Å². The molecule has 0 unspecified atom stereocenters. The number of carbonyl (C=O) groups excluding carboxylic acids is 1. The molecule has 1 rings (SSSR count). The van der Waals surface area contributed by atoms with Gasteiger partial charge in [-0.2, -0.15) is 0 Å². The number of thioether (sulfide) groups is 1. The van der Waals surface area contributed by atoms with Gasteiger partial charge in [-0.3, -0.25) is 4.79 Å². The molecular weight excluding hydrogens is 254 g/mol. The predicted octanol–water partition coefficient (Wildman–Crippen LogP) is 3.51. The van der Waals surface area contributed by atoms with Crippen LogP contribution in [-0.2, 0) is 4.79 Å². The van der Waals surface area contributed by atoms with E-state index in [1.165, 1.54) is 0 Å². The molecule has 0 spiro atoms. The molecule has 0 saturated carbocycles. The maximum Gasteiger partial charge on any atom is 0.221 e. The number of nitrogens with one attached hydrogen (secondary N) is 1. The van der Waals surface area contributed by atoms with E-state index in [1.54, 1.807) is 11.8 Å². The Morgan fingerprint density at radius 2 is 2.18 bits per heavy atom. The summed E-state index contributed by atoms with van der Waals surface area (Å²) < 4.78 is 0. The Balaban J connectivity index is 2.26. The minimum atomic E-state index is 0.0487. The van der Waals surface area contributed by atoms with Crippen molar-refractivity contribution in [1.82, 2.24) is 5.32 Å². The lowest BCUT2D eigenvalue weighted by molar-refractivity contribution is -0.120. The second kappa shape index (κ2) is 7.41. The molecule has 0 bridgehead atoms. The Hall–Kier alpha value is -0.930. The lowest BCUT2D eigenvalue weighted by Gasteiger charge is -2.05. The Morgan fingerprint density at radius 3 is 2.82 bits per heavy atom. The molecule has 92 valence electrons. The molecule has 17 heavy (non-hydrogen) atoms. The van der Waals surface area contributed by atoms with E-state index in [-0.39, 0.29) is 5.91 Å². The summed E-state index contributed by atoms with van der Waals surface area (Å²) >= 11 is 7.60. The van der Waals surface area contributed by atoms with E-state index in [4.69, 9.17) is 11.6 Å². The molecule has 2 nitrogen and oxygen atoms in total. The van der Waals surface area contributed by atoms with Crippen molar-refractivity contribution in [3.8, 4) is 0 Å². The highest BCUT2D eigenvalue weighted by atomic mass is 35.5. The predicted molar refractivity (Wildman–Crippen MR) is 74.6 cm³/mol. The van der Waals surface area contributed by atoms with E-state index < -0.39 is 0 Å². The van der Waals surface area contributed by atoms with E-state index >= 15 is 0 Å². The zero-order valence-corrected chi connectivity index (χ0v) is 11.4. The minimum Gasteiger partial charge on any atom is -0.352 e. The van der Waals surface area contributed by atoms with Crippen molar-refractivity contribution in [1.29, 1.82) is 0 Å². The van der Waals surface area contributed by atoms with Crippen molar-refractivity contribution in [3.05, 3.63) is 41.4 Å². The van der Waals surface area contributed by atoms with E-state index in [2.05, 4.69) is 11.9 Å². The first kappa shape index (κ1) is 14.1. The largest absolute Gasteiger partial charge is 0.352 e. The molecule has 0 saturated heterocycles. The number of rotatable bonds is 6. The fraction of sp³-hybridized carbons (Fsp3) is 0.308. The van der Waals surface area contributed by atoms with Crippen LogP contribution in [0.2, 0.25) is 5.02 Å². The summed E-state index contributed by atoms with van der Waals surface area (Å²) in [7, 11) is 0. The molecule has 1 aromatic rings. The third-order valence-corrected chi connectivity index (χ3v) is 3.53. The topological polar surface area (TPSA) is 29.1 Å². The Bertz CT molecular complexity index is 406. The van der Waals surface area contributed by atoms with Crippen molar-refractivity contribution < 1.29 is 4.79 Å². The van der Waals surface area contributed by atoms with Crippen molar-refractivity contribution in [2.75, 3.05) is 12.3 Å². The number of amides is 1. The van der Waals surface area contributed by atoms with E-state index in [0.717, 1.165) is 21.2 Å². The first-order valence-corrected chi connectivity index (χ1v) is 6.74. The molecule has 0 heterocycles.